The lowest BCUT2D eigenvalue weighted by atomic mass is 10.2. The highest BCUT2D eigenvalue weighted by molar-refractivity contribution is 7.18. The number of aryl methyl sites for hydroxylation is 1. The number of urea groups is 1. The minimum absolute atomic E-state index is 0.215. The van der Waals surface area contributed by atoms with Gasteiger partial charge in [-0.3, -0.25) is 4.79 Å². The molecule has 0 saturated carbocycles. The Morgan fingerprint density at radius 3 is 2.54 bits per heavy atom. The van der Waals surface area contributed by atoms with Gasteiger partial charge in [0.1, 0.15) is 10.7 Å². The number of ether oxygens (including phenoxy) is 2. The predicted molar refractivity (Wildman–Crippen MR) is 136 cm³/mol. The fraction of sp³-hybridized carbons (Fsp3) is 0.200. The summed E-state index contributed by atoms with van der Waals surface area (Å²) in [5.41, 5.74) is 2.84. The zero-order valence-corrected chi connectivity index (χ0v) is 20.4. The SMILES string of the molecule is COc1ccc(NC(=O)NCCn2nc(-c3sc(-c4ccccc4)nc3C)ccc2=O)cc1OC. The molecule has 4 aromatic rings. The molecule has 180 valence electrons. The van der Waals surface area contributed by atoms with E-state index in [0.29, 0.717) is 22.9 Å². The number of hydrogen-bond donors (Lipinski definition) is 2. The average Bonchev–Trinajstić information content (AvgIpc) is 3.27. The summed E-state index contributed by atoms with van der Waals surface area (Å²) >= 11 is 1.53. The molecule has 0 spiro atoms. The maximum Gasteiger partial charge on any atom is 0.319 e. The number of nitrogens with one attached hydrogen (secondary N) is 2. The molecule has 35 heavy (non-hydrogen) atoms. The Bertz CT molecular complexity index is 1380. The van der Waals surface area contributed by atoms with Crippen molar-refractivity contribution in [3.8, 4) is 32.6 Å². The van der Waals surface area contributed by atoms with E-state index in [1.54, 1.807) is 31.4 Å². The molecule has 0 aliphatic heterocycles. The van der Waals surface area contributed by atoms with Crippen LogP contribution in [0.3, 0.4) is 0 Å². The van der Waals surface area contributed by atoms with Crippen LogP contribution in [-0.4, -0.2) is 41.6 Å². The second-order valence-electron chi connectivity index (χ2n) is 7.53. The quantitative estimate of drug-likeness (QED) is 0.383. The van der Waals surface area contributed by atoms with Crippen LogP contribution < -0.4 is 25.7 Å². The van der Waals surface area contributed by atoms with E-state index in [1.165, 1.54) is 29.2 Å². The van der Waals surface area contributed by atoms with E-state index < -0.39 is 6.03 Å². The Balaban J connectivity index is 1.41. The van der Waals surface area contributed by atoms with Gasteiger partial charge in [-0.1, -0.05) is 30.3 Å². The first kappa shape index (κ1) is 24.0. The van der Waals surface area contributed by atoms with Crippen LogP contribution in [-0.2, 0) is 6.54 Å². The van der Waals surface area contributed by atoms with Crippen LogP contribution in [0.2, 0.25) is 0 Å². The topological polar surface area (TPSA) is 107 Å². The number of amides is 2. The van der Waals surface area contributed by atoms with Crippen molar-refractivity contribution in [3.63, 3.8) is 0 Å². The van der Waals surface area contributed by atoms with Crippen molar-refractivity contribution >= 4 is 23.1 Å². The molecule has 9 nitrogen and oxygen atoms in total. The molecule has 0 radical (unpaired) electrons. The molecule has 0 saturated heterocycles. The van der Waals surface area contributed by atoms with Crippen molar-refractivity contribution in [1.82, 2.24) is 20.1 Å². The van der Waals surface area contributed by atoms with Crippen molar-refractivity contribution in [2.45, 2.75) is 13.5 Å². The van der Waals surface area contributed by atoms with Crippen molar-refractivity contribution in [2.24, 2.45) is 0 Å². The number of aromatic nitrogens is 3. The molecule has 0 unspecified atom stereocenters. The number of thiazole rings is 1. The second-order valence-corrected chi connectivity index (χ2v) is 8.53. The van der Waals surface area contributed by atoms with Crippen LogP contribution in [0.4, 0.5) is 10.5 Å². The van der Waals surface area contributed by atoms with Gasteiger partial charge in [-0.05, 0) is 25.1 Å². The summed E-state index contributed by atoms with van der Waals surface area (Å²) in [5.74, 6) is 1.07. The molecule has 2 heterocycles. The normalized spacial score (nSPS) is 10.6. The zero-order chi connectivity index (χ0) is 24.8. The highest BCUT2D eigenvalue weighted by Crippen LogP contribution is 2.33. The Hall–Kier alpha value is -4.18. The number of methoxy groups -OCH3 is 2. The van der Waals surface area contributed by atoms with Crippen LogP contribution in [0.1, 0.15) is 5.69 Å². The van der Waals surface area contributed by atoms with E-state index in [4.69, 9.17) is 9.47 Å². The lowest BCUT2D eigenvalue weighted by molar-refractivity contribution is 0.251. The third kappa shape index (κ3) is 5.67. The van der Waals surface area contributed by atoms with E-state index >= 15 is 0 Å². The van der Waals surface area contributed by atoms with Crippen LogP contribution in [0.5, 0.6) is 11.5 Å². The van der Waals surface area contributed by atoms with Gasteiger partial charge in [-0.25, -0.2) is 14.5 Å². The number of rotatable bonds is 8. The number of carbonyl (C=O) groups excluding carboxylic acids is 1. The molecular formula is C25H25N5O4S. The lowest BCUT2D eigenvalue weighted by Crippen LogP contribution is -2.34. The summed E-state index contributed by atoms with van der Waals surface area (Å²) in [6.07, 6.45) is 0. The van der Waals surface area contributed by atoms with E-state index in [0.717, 1.165) is 21.1 Å². The largest absolute Gasteiger partial charge is 0.493 e. The maximum atomic E-state index is 12.3. The monoisotopic (exact) mass is 491 g/mol. The van der Waals surface area contributed by atoms with E-state index in [1.807, 2.05) is 37.3 Å². The Kier molecular flexibility index (Phi) is 7.41. The molecule has 0 fully saturated rings. The van der Waals surface area contributed by atoms with Gasteiger partial charge in [0.15, 0.2) is 11.5 Å². The number of anilines is 1. The highest BCUT2D eigenvalue weighted by Gasteiger charge is 2.14. The molecule has 0 aliphatic rings. The molecule has 4 rings (SSSR count). The van der Waals surface area contributed by atoms with Gasteiger partial charge in [0.2, 0.25) is 0 Å². The van der Waals surface area contributed by atoms with E-state index in [-0.39, 0.29) is 18.6 Å². The van der Waals surface area contributed by atoms with Gasteiger partial charge in [0.25, 0.3) is 5.56 Å². The van der Waals surface area contributed by atoms with Crippen LogP contribution in [0.15, 0.2) is 65.5 Å². The molecule has 2 N–H and O–H groups in total. The van der Waals surface area contributed by atoms with Crippen molar-refractivity contribution in [3.05, 3.63) is 76.7 Å². The molecule has 10 heteroatoms. The maximum absolute atomic E-state index is 12.3. The standard InChI is InChI=1S/C25H25N5O4S/c1-16-23(35-24(27-16)17-7-5-4-6-8-17)19-10-12-22(31)30(29-19)14-13-26-25(32)28-18-9-11-20(33-2)21(15-18)34-3/h4-12,15H,13-14H2,1-3H3,(H2,26,28,32). The van der Waals surface area contributed by atoms with Crippen molar-refractivity contribution < 1.29 is 14.3 Å². The third-order valence-corrected chi connectivity index (χ3v) is 6.40. The molecule has 0 bridgehead atoms. The first-order chi connectivity index (χ1) is 17.0. The summed E-state index contributed by atoms with van der Waals surface area (Å²) in [6.45, 7) is 2.36. The van der Waals surface area contributed by atoms with Crippen molar-refractivity contribution in [2.75, 3.05) is 26.1 Å². The second kappa shape index (κ2) is 10.8. The molecule has 2 aromatic carbocycles. The number of nitrogens with zero attached hydrogens (tertiary/aromatic N) is 3. The minimum atomic E-state index is -0.410. The first-order valence-electron chi connectivity index (χ1n) is 10.9. The minimum Gasteiger partial charge on any atom is -0.493 e. The zero-order valence-electron chi connectivity index (χ0n) is 19.6. The first-order valence-corrected chi connectivity index (χ1v) is 11.7. The van der Waals surface area contributed by atoms with Gasteiger partial charge >= 0.3 is 6.03 Å². The Morgan fingerprint density at radius 2 is 1.80 bits per heavy atom. The van der Waals surface area contributed by atoms with Gasteiger partial charge in [-0.15, -0.1) is 11.3 Å². The van der Waals surface area contributed by atoms with Crippen LogP contribution in [0.25, 0.3) is 21.1 Å². The molecule has 2 amide bonds. The number of hydrogen-bond acceptors (Lipinski definition) is 7. The van der Waals surface area contributed by atoms with E-state index in [2.05, 4.69) is 20.7 Å². The third-order valence-electron chi connectivity index (χ3n) is 5.17. The smallest absolute Gasteiger partial charge is 0.319 e. The summed E-state index contributed by atoms with van der Waals surface area (Å²) in [4.78, 5) is 30.2. The molecular weight excluding hydrogens is 466 g/mol. The number of benzene rings is 2. The number of carbonyl (C=O) groups is 1. The van der Waals surface area contributed by atoms with E-state index in [9.17, 15) is 9.59 Å². The molecule has 2 aromatic heterocycles. The summed E-state index contributed by atoms with van der Waals surface area (Å²) in [5, 5.41) is 10.9. The van der Waals surface area contributed by atoms with Gasteiger partial charge in [-0.2, -0.15) is 5.10 Å². The van der Waals surface area contributed by atoms with Crippen LogP contribution in [0, 0.1) is 6.92 Å². The Labute approximate surface area is 206 Å². The summed E-state index contributed by atoms with van der Waals surface area (Å²) in [7, 11) is 3.07. The predicted octanol–water partition coefficient (Wildman–Crippen LogP) is 4.18. The van der Waals surface area contributed by atoms with Gasteiger partial charge < -0.3 is 20.1 Å². The fourth-order valence-electron chi connectivity index (χ4n) is 3.43. The fourth-order valence-corrected chi connectivity index (χ4v) is 4.47. The summed E-state index contributed by atoms with van der Waals surface area (Å²) < 4.78 is 11.8. The molecule has 0 atom stereocenters. The lowest BCUT2D eigenvalue weighted by Gasteiger charge is -2.12. The average molecular weight is 492 g/mol. The van der Waals surface area contributed by atoms with Gasteiger partial charge in [0.05, 0.1) is 31.3 Å². The van der Waals surface area contributed by atoms with Crippen molar-refractivity contribution in [1.29, 1.82) is 0 Å². The Morgan fingerprint density at radius 1 is 1.03 bits per heavy atom. The molecule has 0 aliphatic carbocycles. The van der Waals surface area contributed by atoms with Crippen LogP contribution >= 0.6 is 11.3 Å². The highest BCUT2D eigenvalue weighted by atomic mass is 32.1. The van der Waals surface area contributed by atoms with Gasteiger partial charge in [0, 0.05) is 29.9 Å². The summed E-state index contributed by atoms with van der Waals surface area (Å²) in [6, 6.07) is 17.8.